The molecule has 1 heterocycles. The van der Waals surface area contributed by atoms with Gasteiger partial charge < -0.3 is 11.5 Å². The van der Waals surface area contributed by atoms with Crippen molar-refractivity contribution in [2.45, 2.75) is 19.3 Å². The Bertz CT molecular complexity index is 554. The number of nitrogen functional groups attached to an aromatic ring is 1. The first kappa shape index (κ1) is 13.1. The zero-order valence-corrected chi connectivity index (χ0v) is 10.4. The first-order valence-corrected chi connectivity index (χ1v) is 6.05. The number of fused-ring (bicyclic) bond motifs is 1. The van der Waals surface area contributed by atoms with E-state index in [0.29, 0.717) is 24.1 Å². The van der Waals surface area contributed by atoms with Crippen LogP contribution in [0.1, 0.15) is 40.0 Å². The van der Waals surface area contributed by atoms with E-state index >= 15 is 0 Å². The van der Waals surface area contributed by atoms with Gasteiger partial charge in [-0.2, -0.15) is 0 Å². The van der Waals surface area contributed by atoms with Crippen LogP contribution in [0.4, 0.5) is 5.69 Å². The van der Waals surface area contributed by atoms with Crippen LogP contribution < -0.4 is 11.5 Å². The Morgan fingerprint density at radius 3 is 2.53 bits per heavy atom. The van der Waals surface area contributed by atoms with Crippen LogP contribution in [0.15, 0.2) is 18.2 Å². The van der Waals surface area contributed by atoms with Crippen LogP contribution in [0.25, 0.3) is 0 Å². The van der Waals surface area contributed by atoms with Crippen LogP contribution in [0.3, 0.4) is 0 Å². The Morgan fingerprint density at radius 2 is 1.89 bits per heavy atom. The molecule has 6 nitrogen and oxygen atoms in total. The van der Waals surface area contributed by atoms with E-state index in [0.717, 1.165) is 0 Å². The third kappa shape index (κ3) is 2.42. The van der Waals surface area contributed by atoms with Crippen LogP contribution in [0.5, 0.6) is 0 Å². The Labute approximate surface area is 110 Å². The van der Waals surface area contributed by atoms with Crippen molar-refractivity contribution in [3.8, 4) is 0 Å². The smallest absolute Gasteiger partial charge is 0.263 e. The third-order valence-corrected chi connectivity index (χ3v) is 3.09. The van der Waals surface area contributed by atoms with Gasteiger partial charge in [0.2, 0.25) is 5.91 Å². The number of hydrogen-bond donors (Lipinski definition) is 2. The van der Waals surface area contributed by atoms with Crippen LogP contribution in [0, 0.1) is 0 Å². The Kier molecular flexibility index (Phi) is 3.50. The number of imide groups is 1. The summed E-state index contributed by atoms with van der Waals surface area (Å²) in [5.41, 5.74) is 11.7. The molecule has 0 spiro atoms. The molecule has 1 aliphatic heterocycles. The average molecular weight is 261 g/mol. The van der Waals surface area contributed by atoms with Crippen molar-refractivity contribution in [2.75, 3.05) is 12.3 Å². The summed E-state index contributed by atoms with van der Waals surface area (Å²) in [7, 11) is 0. The van der Waals surface area contributed by atoms with Crippen molar-refractivity contribution in [3.63, 3.8) is 0 Å². The molecule has 2 rings (SSSR count). The largest absolute Gasteiger partial charge is 0.398 e. The highest BCUT2D eigenvalue weighted by atomic mass is 16.2. The van der Waals surface area contributed by atoms with Gasteiger partial charge in [0.05, 0.1) is 11.1 Å². The van der Waals surface area contributed by atoms with Crippen LogP contribution in [0.2, 0.25) is 0 Å². The number of rotatable bonds is 5. The highest BCUT2D eigenvalue weighted by Crippen LogP contribution is 2.27. The summed E-state index contributed by atoms with van der Waals surface area (Å²) in [6.07, 6.45) is 1.36. The molecule has 100 valence electrons. The third-order valence-electron chi connectivity index (χ3n) is 3.09. The number of unbranched alkanes of at least 4 members (excludes halogenated alkanes) is 1. The molecule has 19 heavy (non-hydrogen) atoms. The predicted molar refractivity (Wildman–Crippen MR) is 69.3 cm³/mol. The van der Waals surface area contributed by atoms with Crippen molar-refractivity contribution in [2.24, 2.45) is 5.73 Å². The number of nitrogens with zero attached hydrogens (tertiary/aromatic N) is 1. The van der Waals surface area contributed by atoms with E-state index in [-0.39, 0.29) is 36.3 Å². The van der Waals surface area contributed by atoms with Crippen LogP contribution in [-0.2, 0) is 4.79 Å². The number of amides is 3. The monoisotopic (exact) mass is 261 g/mol. The standard InChI is InChI=1S/C13H15N3O3/c14-9-5-3-4-8-11(9)13(19)16(12(8)18)7-2-1-6-10(15)17/h3-5H,1-2,6-7,14H2,(H2,15,17). The quantitative estimate of drug-likeness (QED) is 0.457. The van der Waals surface area contributed by atoms with Gasteiger partial charge in [-0.15, -0.1) is 0 Å². The second kappa shape index (κ2) is 5.09. The molecular weight excluding hydrogens is 246 g/mol. The molecule has 0 unspecified atom stereocenters. The van der Waals surface area contributed by atoms with E-state index in [9.17, 15) is 14.4 Å². The summed E-state index contributed by atoms with van der Waals surface area (Å²) in [6.45, 7) is 0.277. The Morgan fingerprint density at radius 1 is 1.16 bits per heavy atom. The molecule has 3 amide bonds. The Hall–Kier alpha value is -2.37. The first-order valence-electron chi connectivity index (χ1n) is 6.05. The summed E-state index contributed by atoms with van der Waals surface area (Å²) in [6, 6.07) is 4.84. The molecule has 0 saturated carbocycles. The molecule has 4 N–H and O–H groups in total. The summed E-state index contributed by atoms with van der Waals surface area (Å²) in [5.74, 6) is -1.07. The zero-order chi connectivity index (χ0) is 14.0. The number of primary amides is 1. The second-order valence-corrected chi connectivity index (χ2v) is 4.46. The van der Waals surface area contributed by atoms with E-state index < -0.39 is 0 Å². The Balaban J connectivity index is 2.06. The lowest BCUT2D eigenvalue weighted by molar-refractivity contribution is -0.118. The number of nitrogens with two attached hydrogens (primary N) is 2. The molecule has 0 bridgehead atoms. The average Bonchev–Trinajstić information content (AvgIpc) is 2.59. The van der Waals surface area contributed by atoms with E-state index in [2.05, 4.69) is 0 Å². The number of benzene rings is 1. The van der Waals surface area contributed by atoms with Crippen LogP contribution >= 0.6 is 0 Å². The maximum atomic E-state index is 12.1. The maximum absolute atomic E-state index is 12.1. The van der Waals surface area contributed by atoms with Gasteiger partial charge in [0, 0.05) is 18.7 Å². The minimum absolute atomic E-state index is 0.255. The number of anilines is 1. The van der Waals surface area contributed by atoms with Crippen LogP contribution in [-0.4, -0.2) is 29.2 Å². The zero-order valence-electron chi connectivity index (χ0n) is 10.4. The fourth-order valence-electron chi connectivity index (χ4n) is 2.13. The molecule has 0 aromatic heterocycles. The normalized spacial score (nSPS) is 13.8. The molecule has 0 fully saturated rings. The topological polar surface area (TPSA) is 106 Å². The van der Waals surface area contributed by atoms with E-state index in [1.807, 2.05) is 0 Å². The fourth-order valence-corrected chi connectivity index (χ4v) is 2.13. The van der Waals surface area contributed by atoms with Gasteiger partial charge in [-0.05, 0) is 25.0 Å². The SMILES string of the molecule is NC(=O)CCCCN1C(=O)c2cccc(N)c2C1=O. The van der Waals surface area contributed by atoms with Gasteiger partial charge >= 0.3 is 0 Å². The summed E-state index contributed by atoms with van der Waals surface area (Å²) in [4.78, 5) is 35.9. The fraction of sp³-hybridized carbons (Fsp3) is 0.308. The van der Waals surface area contributed by atoms with Crippen molar-refractivity contribution < 1.29 is 14.4 Å². The lowest BCUT2D eigenvalue weighted by Crippen LogP contribution is -2.31. The molecule has 0 atom stereocenters. The van der Waals surface area contributed by atoms with Gasteiger partial charge in [0.25, 0.3) is 11.8 Å². The molecule has 1 aromatic rings. The minimum atomic E-state index is -0.383. The molecule has 0 saturated heterocycles. The van der Waals surface area contributed by atoms with Crippen molar-refractivity contribution in [1.29, 1.82) is 0 Å². The minimum Gasteiger partial charge on any atom is -0.398 e. The second-order valence-electron chi connectivity index (χ2n) is 4.46. The van der Waals surface area contributed by atoms with Crippen molar-refractivity contribution >= 4 is 23.4 Å². The molecule has 0 aliphatic carbocycles. The van der Waals surface area contributed by atoms with E-state index in [1.165, 1.54) is 4.90 Å². The molecule has 0 radical (unpaired) electrons. The van der Waals surface area contributed by atoms with Gasteiger partial charge in [-0.3, -0.25) is 19.3 Å². The molecular formula is C13H15N3O3. The van der Waals surface area contributed by atoms with Gasteiger partial charge in [0.1, 0.15) is 0 Å². The van der Waals surface area contributed by atoms with Gasteiger partial charge in [-0.25, -0.2) is 0 Å². The van der Waals surface area contributed by atoms with Gasteiger partial charge in [-0.1, -0.05) is 6.07 Å². The van der Waals surface area contributed by atoms with Crippen molar-refractivity contribution in [3.05, 3.63) is 29.3 Å². The lowest BCUT2D eigenvalue weighted by Gasteiger charge is -2.13. The van der Waals surface area contributed by atoms with Gasteiger partial charge in [0.15, 0.2) is 0 Å². The molecule has 1 aliphatic rings. The maximum Gasteiger partial charge on any atom is 0.263 e. The number of carbonyl (C=O) groups is 3. The molecule has 6 heteroatoms. The number of hydrogen-bond acceptors (Lipinski definition) is 4. The number of carbonyl (C=O) groups excluding carboxylic acids is 3. The van der Waals surface area contributed by atoms with E-state index in [1.54, 1.807) is 18.2 Å². The highest BCUT2D eigenvalue weighted by molar-refractivity contribution is 6.23. The lowest BCUT2D eigenvalue weighted by atomic mass is 10.1. The summed E-state index contributed by atoms with van der Waals surface area (Å²) in [5, 5.41) is 0. The summed E-state index contributed by atoms with van der Waals surface area (Å²) >= 11 is 0. The predicted octanol–water partition coefficient (Wildman–Crippen LogP) is 0.520. The van der Waals surface area contributed by atoms with Crippen molar-refractivity contribution in [1.82, 2.24) is 4.90 Å². The first-order chi connectivity index (χ1) is 9.02. The molecule has 1 aromatic carbocycles. The summed E-state index contributed by atoms with van der Waals surface area (Å²) < 4.78 is 0. The van der Waals surface area contributed by atoms with E-state index in [4.69, 9.17) is 11.5 Å². The highest BCUT2D eigenvalue weighted by Gasteiger charge is 2.36.